The summed E-state index contributed by atoms with van der Waals surface area (Å²) in [6.07, 6.45) is 0. The van der Waals surface area contributed by atoms with Gasteiger partial charge in [0.2, 0.25) is 0 Å². The van der Waals surface area contributed by atoms with Gasteiger partial charge in [0.25, 0.3) is 0 Å². The lowest BCUT2D eigenvalue weighted by atomic mass is 10.1. The minimum atomic E-state index is -0.541. The van der Waals surface area contributed by atoms with Crippen LogP contribution in [-0.2, 0) is 0 Å². The summed E-state index contributed by atoms with van der Waals surface area (Å²) >= 11 is 0. The summed E-state index contributed by atoms with van der Waals surface area (Å²) in [5.74, 6) is -0.316. The molecule has 18 heavy (non-hydrogen) atoms. The van der Waals surface area contributed by atoms with Crippen molar-refractivity contribution in [1.82, 2.24) is 10.2 Å². The average Bonchev–Trinajstić information content (AvgIpc) is 2.34. The maximum atomic E-state index is 13.6. The maximum Gasteiger partial charge on any atom is 0.128 e. The van der Waals surface area contributed by atoms with Gasteiger partial charge in [-0.3, -0.25) is 4.90 Å². The van der Waals surface area contributed by atoms with E-state index < -0.39 is 12.7 Å². The fourth-order valence-corrected chi connectivity index (χ4v) is 2.12. The molecule has 1 aliphatic rings. The highest BCUT2D eigenvalue weighted by Crippen LogP contribution is 2.23. The number of hydrogen-bond acceptors (Lipinski definition) is 2. The number of halogens is 4. The summed E-state index contributed by atoms with van der Waals surface area (Å²) < 4.78 is 26.7. The molecule has 0 unspecified atom stereocenters. The van der Waals surface area contributed by atoms with Crippen molar-refractivity contribution < 1.29 is 8.78 Å². The van der Waals surface area contributed by atoms with Crippen molar-refractivity contribution >= 4 is 24.8 Å². The molecule has 0 aliphatic carbocycles. The van der Waals surface area contributed by atoms with Crippen LogP contribution in [0.1, 0.15) is 11.6 Å². The molecule has 6 heteroatoms. The van der Waals surface area contributed by atoms with E-state index in [1.807, 2.05) is 4.90 Å². The van der Waals surface area contributed by atoms with Gasteiger partial charge >= 0.3 is 0 Å². The van der Waals surface area contributed by atoms with Gasteiger partial charge < -0.3 is 5.32 Å². The Morgan fingerprint density at radius 2 is 1.78 bits per heavy atom. The Kier molecular flexibility index (Phi) is 8.44. The van der Waals surface area contributed by atoms with E-state index in [0.717, 1.165) is 26.2 Å². The summed E-state index contributed by atoms with van der Waals surface area (Å²) in [6, 6.07) is 6.00. The van der Waals surface area contributed by atoms with Crippen LogP contribution in [-0.4, -0.2) is 37.8 Å². The summed E-state index contributed by atoms with van der Waals surface area (Å²) in [7, 11) is 0. The van der Waals surface area contributed by atoms with Crippen molar-refractivity contribution in [1.29, 1.82) is 0 Å². The van der Waals surface area contributed by atoms with Crippen molar-refractivity contribution in [2.45, 2.75) is 6.04 Å². The number of nitrogens with one attached hydrogen (secondary N) is 1. The molecule has 104 valence electrons. The molecule has 0 amide bonds. The summed E-state index contributed by atoms with van der Waals surface area (Å²) in [6.45, 7) is 2.67. The highest BCUT2D eigenvalue weighted by atomic mass is 35.5. The molecule has 0 radical (unpaired) electrons. The Morgan fingerprint density at radius 3 is 2.33 bits per heavy atom. The number of hydrogen-bond donors (Lipinski definition) is 1. The highest BCUT2D eigenvalue weighted by Gasteiger charge is 2.23. The van der Waals surface area contributed by atoms with Crippen LogP contribution in [0.2, 0.25) is 0 Å². The lowest BCUT2D eigenvalue weighted by molar-refractivity contribution is 0.144. The Morgan fingerprint density at radius 1 is 1.17 bits per heavy atom. The molecule has 1 N–H and O–H groups in total. The molecule has 1 aliphatic heterocycles. The minimum absolute atomic E-state index is 0. The molecule has 1 fully saturated rings. The average molecular weight is 299 g/mol. The van der Waals surface area contributed by atoms with Gasteiger partial charge in [-0.05, 0) is 6.07 Å². The minimum Gasteiger partial charge on any atom is -0.314 e. The Labute approximate surface area is 119 Å². The first-order chi connectivity index (χ1) is 7.83. The molecule has 1 aromatic rings. The summed E-state index contributed by atoms with van der Waals surface area (Å²) in [5.41, 5.74) is 0.465. The van der Waals surface area contributed by atoms with E-state index in [-0.39, 0.29) is 30.6 Å². The zero-order chi connectivity index (χ0) is 11.4. The van der Waals surface area contributed by atoms with Gasteiger partial charge in [-0.25, -0.2) is 8.78 Å². The van der Waals surface area contributed by atoms with Crippen LogP contribution in [0.5, 0.6) is 0 Å². The maximum absolute atomic E-state index is 13.6. The number of nitrogens with zero attached hydrogens (tertiary/aromatic N) is 1. The summed E-state index contributed by atoms with van der Waals surface area (Å²) in [4.78, 5) is 1.99. The van der Waals surface area contributed by atoms with E-state index in [0.29, 0.717) is 5.56 Å². The van der Waals surface area contributed by atoms with Gasteiger partial charge in [-0.1, -0.05) is 18.2 Å². The quantitative estimate of drug-likeness (QED) is 0.923. The van der Waals surface area contributed by atoms with E-state index >= 15 is 0 Å². The van der Waals surface area contributed by atoms with Crippen LogP contribution >= 0.6 is 24.8 Å². The third-order valence-corrected chi connectivity index (χ3v) is 3.00. The Hall–Kier alpha value is -0.420. The van der Waals surface area contributed by atoms with Gasteiger partial charge in [0, 0.05) is 31.7 Å². The third-order valence-electron chi connectivity index (χ3n) is 3.00. The van der Waals surface area contributed by atoms with E-state index in [1.54, 1.807) is 18.2 Å². The third kappa shape index (κ3) is 4.05. The zero-order valence-electron chi connectivity index (χ0n) is 9.94. The van der Waals surface area contributed by atoms with Gasteiger partial charge in [-0.2, -0.15) is 0 Å². The van der Waals surface area contributed by atoms with Gasteiger partial charge in [0.05, 0.1) is 6.04 Å². The fourth-order valence-electron chi connectivity index (χ4n) is 2.12. The second-order valence-corrected chi connectivity index (χ2v) is 3.98. The zero-order valence-corrected chi connectivity index (χ0v) is 11.6. The monoisotopic (exact) mass is 298 g/mol. The number of benzene rings is 1. The lowest BCUT2D eigenvalue weighted by Gasteiger charge is -2.33. The number of alkyl halides is 1. The van der Waals surface area contributed by atoms with Gasteiger partial charge in [-0.15, -0.1) is 24.8 Å². The van der Waals surface area contributed by atoms with Crippen molar-refractivity contribution in [2.75, 3.05) is 32.9 Å². The first kappa shape index (κ1) is 17.6. The molecular weight excluding hydrogens is 281 g/mol. The van der Waals surface area contributed by atoms with Crippen LogP contribution in [0.3, 0.4) is 0 Å². The van der Waals surface area contributed by atoms with E-state index in [4.69, 9.17) is 0 Å². The Balaban J connectivity index is 0.00000144. The molecule has 2 rings (SSSR count). The molecular formula is C12H18Cl2F2N2. The Bertz CT molecular complexity index is 347. The first-order valence-corrected chi connectivity index (χ1v) is 5.58. The van der Waals surface area contributed by atoms with Crippen molar-refractivity contribution in [3.8, 4) is 0 Å². The van der Waals surface area contributed by atoms with E-state index in [2.05, 4.69) is 5.32 Å². The second kappa shape index (κ2) is 8.64. The molecule has 0 saturated carbocycles. The van der Waals surface area contributed by atoms with Crippen LogP contribution in [0, 0.1) is 5.82 Å². The normalized spacial score (nSPS) is 17.4. The molecule has 2 nitrogen and oxygen atoms in total. The number of rotatable bonds is 3. The predicted molar refractivity (Wildman–Crippen MR) is 74.1 cm³/mol. The molecule has 0 aromatic heterocycles. The molecule has 1 atom stereocenters. The van der Waals surface area contributed by atoms with Crippen LogP contribution in [0.15, 0.2) is 24.3 Å². The SMILES string of the molecule is Cl.Cl.FC[C@@H](c1ccccc1F)N1CCNCC1. The van der Waals surface area contributed by atoms with Crippen LogP contribution in [0.25, 0.3) is 0 Å². The van der Waals surface area contributed by atoms with Crippen LogP contribution in [0.4, 0.5) is 8.78 Å². The lowest BCUT2D eigenvalue weighted by Crippen LogP contribution is -2.45. The van der Waals surface area contributed by atoms with Crippen molar-refractivity contribution in [3.05, 3.63) is 35.6 Å². The first-order valence-electron chi connectivity index (χ1n) is 5.58. The largest absolute Gasteiger partial charge is 0.314 e. The van der Waals surface area contributed by atoms with Crippen molar-refractivity contribution in [2.24, 2.45) is 0 Å². The van der Waals surface area contributed by atoms with Gasteiger partial charge in [0.15, 0.2) is 0 Å². The predicted octanol–water partition coefficient (Wildman–Crippen LogP) is 2.59. The van der Waals surface area contributed by atoms with E-state index in [9.17, 15) is 8.78 Å². The topological polar surface area (TPSA) is 15.3 Å². The second-order valence-electron chi connectivity index (χ2n) is 3.98. The smallest absolute Gasteiger partial charge is 0.128 e. The standard InChI is InChI=1S/C12H16F2N2.2ClH/c13-9-12(16-7-5-15-6-8-16)10-3-1-2-4-11(10)14;;/h1-4,12,15H,5-9H2;2*1H/t12-;;/m0../s1. The van der Waals surface area contributed by atoms with Gasteiger partial charge in [0.1, 0.15) is 12.5 Å². The van der Waals surface area contributed by atoms with Crippen molar-refractivity contribution in [3.63, 3.8) is 0 Å². The number of piperazine rings is 1. The highest BCUT2D eigenvalue weighted by molar-refractivity contribution is 5.85. The fraction of sp³-hybridized carbons (Fsp3) is 0.500. The molecule has 0 bridgehead atoms. The molecule has 0 spiro atoms. The van der Waals surface area contributed by atoms with Crippen LogP contribution < -0.4 is 5.32 Å². The molecule has 1 heterocycles. The molecule has 1 saturated heterocycles. The summed E-state index contributed by atoms with van der Waals surface area (Å²) in [5, 5.41) is 3.20. The van der Waals surface area contributed by atoms with E-state index in [1.165, 1.54) is 6.07 Å². The molecule has 1 aromatic carbocycles.